The molecule has 0 aromatic heterocycles. The summed E-state index contributed by atoms with van der Waals surface area (Å²) in [6.45, 7) is 4.18. The van der Waals surface area contributed by atoms with E-state index >= 15 is 0 Å². The SMILES string of the molecule is CC/C=C\C/C=C\C/C=C\C/C=C\C/C=C\C/C=C\C/C=C\C/C=C\CCCCCCCCCCCCCCC(=O)OC(COC(=O)CCCCCCCCCCCCCCCCCCCCCCCCCCCCCCCCC)COP(=O)([O-])OCC[N+](C)(C)C. The Kier molecular flexibility index (Phi) is 69.8. The predicted octanol–water partition coefficient (Wildman–Crippen LogP) is 25.2. The van der Waals surface area contributed by atoms with Crippen molar-refractivity contribution in [2.45, 2.75) is 367 Å². The second-order valence-corrected chi connectivity index (χ2v) is 28.8. The van der Waals surface area contributed by atoms with Gasteiger partial charge in [0.1, 0.15) is 19.8 Å². The first-order valence-electron chi connectivity index (χ1n) is 38.9. The van der Waals surface area contributed by atoms with Crippen LogP contribution in [0.2, 0.25) is 0 Å². The molecular weight excluding hydrogens is 1160 g/mol. The van der Waals surface area contributed by atoms with Crippen LogP contribution in [0.3, 0.4) is 0 Å². The Morgan fingerprint density at radius 2 is 0.620 bits per heavy atom. The molecule has 9 nitrogen and oxygen atoms in total. The highest BCUT2D eigenvalue weighted by Crippen LogP contribution is 2.38. The van der Waals surface area contributed by atoms with E-state index in [2.05, 4.69) is 111 Å². The fraction of sp³-hybridized carbons (Fsp3) is 0.780. The van der Waals surface area contributed by atoms with Crippen molar-refractivity contribution in [1.82, 2.24) is 0 Å². The van der Waals surface area contributed by atoms with Crippen LogP contribution in [-0.2, 0) is 32.7 Å². The van der Waals surface area contributed by atoms with Gasteiger partial charge >= 0.3 is 11.9 Å². The maximum absolute atomic E-state index is 12.9. The minimum Gasteiger partial charge on any atom is -0.756 e. The molecule has 534 valence electrons. The second kappa shape index (κ2) is 72.2. The van der Waals surface area contributed by atoms with Gasteiger partial charge in [0.15, 0.2) is 6.10 Å². The molecule has 0 N–H and O–H groups in total. The van der Waals surface area contributed by atoms with E-state index in [4.69, 9.17) is 18.5 Å². The lowest BCUT2D eigenvalue weighted by molar-refractivity contribution is -0.870. The molecule has 0 radical (unpaired) electrons. The lowest BCUT2D eigenvalue weighted by Gasteiger charge is -2.28. The number of hydrogen-bond acceptors (Lipinski definition) is 8. The number of nitrogens with zero attached hydrogens (tertiary/aromatic N) is 1. The van der Waals surface area contributed by atoms with Gasteiger partial charge in [-0.3, -0.25) is 14.2 Å². The molecule has 0 aromatic carbocycles. The van der Waals surface area contributed by atoms with Gasteiger partial charge in [0.2, 0.25) is 0 Å². The van der Waals surface area contributed by atoms with Crippen molar-refractivity contribution in [3.05, 3.63) is 97.2 Å². The number of unbranched alkanes of at least 4 members (excludes halogenated alkanes) is 42. The first-order valence-corrected chi connectivity index (χ1v) is 40.4. The van der Waals surface area contributed by atoms with Crippen molar-refractivity contribution >= 4 is 19.8 Å². The highest BCUT2D eigenvalue weighted by Gasteiger charge is 2.22. The van der Waals surface area contributed by atoms with Gasteiger partial charge < -0.3 is 27.9 Å². The van der Waals surface area contributed by atoms with E-state index in [1.54, 1.807) is 0 Å². The number of phosphoric ester groups is 1. The molecule has 0 aliphatic rings. The van der Waals surface area contributed by atoms with Crippen LogP contribution in [0.4, 0.5) is 0 Å². The summed E-state index contributed by atoms with van der Waals surface area (Å²) in [5.41, 5.74) is 0. The summed E-state index contributed by atoms with van der Waals surface area (Å²) in [5, 5.41) is 0. The number of rotatable bonds is 72. The smallest absolute Gasteiger partial charge is 0.306 e. The molecule has 0 rings (SSSR count). The Morgan fingerprint density at radius 3 is 0.924 bits per heavy atom. The van der Waals surface area contributed by atoms with E-state index < -0.39 is 26.5 Å². The molecule has 0 aromatic rings. The highest BCUT2D eigenvalue weighted by molar-refractivity contribution is 7.45. The van der Waals surface area contributed by atoms with Gasteiger partial charge in [-0.1, -0.05) is 368 Å². The summed E-state index contributed by atoms with van der Waals surface area (Å²) < 4.78 is 34.4. The minimum absolute atomic E-state index is 0.0325. The summed E-state index contributed by atoms with van der Waals surface area (Å²) >= 11 is 0. The Labute approximate surface area is 570 Å². The fourth-order valence-corrected chi connectivity index (χ4v) is 11.9. The second-order valence-electron chi connectivity index (χ2n) is 27.4. The largest absolute Gasteiger partial charge is 0.756 e. The number of likely N-dealkylation sites (N-methyl/N-ethyl adjacent to an activating group) is 1. The van der Waals surface area contributed by atoms with Gasteiger partial charge in [-0.25, -0.2) is 0 Å². The van der Waals surface area contributed by atoms with Gasteiger partial charge in [0, 0.05) is 12.8 Å². The number of hydrogen-bond donors (Lipinski definition) is 0. The molecule has 2 unspecified atom stereocenters. The Morgan fingerprint density at radius 1 is 0.348 bits per heavy atom. The molecule has 0 saturated heterocycles. The van der Waals surface area contributed by atoms with E-state index in [9.17, 15) is 19.0 Å². The van der Waals surface area contributed by atoms with E-state index in [-0.39, 0.29) is 32.0 Å². The van der Waals surface area contributed by atoms with Crippen molar-refractivity contribution < 1.29 is 42.1 Å². The highest BCUT2D eigenvalue weighted by atomic mass is 31.2. The molecule has 0 heterocycles. The molecule has 0 saturated carbocycles. The lowest BCUT2D eigenvalue weighted by atomic mass is 10.0. The third kappa shape index (κ3) is 76.0. The summed E-state index contributed by atoms with van der Waals surface area (Å²) in [6.07, 6.45) is 101. The van der Waals surface area contributed by atoms with E-state index in [0.717, 1.165) is 89.9 Å². The number of quaternary nitrogens is 1. The van der Waals surface area contributed by atoms with Gasteiger partial charge in [-0.05, 0) is 77.0 Å². The van der Waals surface area contributed by atoms with Gasteiger partial charge in [0.05, 0.1) is 27.7 Å². The van der Waals surface area contributed by atoms with Crippen molar-refractivity contribution in [1.29, 1.82) is 0 Å². The first kappa shape index (κ1) is 88.9. The van der Waals surface area contributed by atoms with Crippen molar-refractivity contribution in [3.63, 3.8) is 0 Å². The van der Waals surface area contributed by atoms with Crippen LogP contribution in [-0.4, -0.2) is 70.0 Å². The Hall–Kier alpha value is -3.07. The predicted molar refractivity (Wildman–Crippen MR) is 397 cm³/mol. The molecular formula is C82H148NO8P. The van der Waals surface area contributed by atoms with E-state index in [1.807, 2.05) is 21.1 Å². The number of esters is 2. The average Bonchev–Trinajstić information content (AvgIpc) is 2.34. The summed E-state index contributed by atoms with van der Waals surface area (Å²) in [5.74, 6) is -0.822. The van der Waals surface area contributed by atoms with Crippen LogP contribution < -0.4 is 4.89 Å². The molecule has 0 amide bonds. The molecule has 2 atom stereocenters. The van der Waals surface area contributed by atoms with Crippen molar-refractivity contribution in [2.24, 2.45) is 0 Å². The molecule has 0 bridgehead atoms. The lowest BCUT2D eigenvalue weighted by Crippen LogP contribution is -2.37. The van der Waals surface area contributed by atoms with Crippen LogP contribution in [0.5, 0.6) is 0 Å². The normalized spacial score (nSPS) is 13.6. The van der Waals surface area contributed by atoms with E-state index in [1.165, 1.54) is 238 Å². The minimum atomic E-state index is -4.65. The number of carbonyl (C=O) groups excluding carboxylic acids is 2. The number of carbonyl (C=O) groups is 2. The molecule has 0 aliphatic heterocycles. The molecule has 0 aliphatic carbocycles. The molecule has 0 fully saturated rings. The van der Waals surface area contributed by atoms with Crippen LogP contribution >= 0.6 is 7.82 Å². The molecule has 10 heteroatoms. The Bertz CT molecular complexity index is 1880. The van der Waals surface area contributed by atoms with Crippen LogP contribution in [0.15, 0.2) is 97.2 Å². The van der Waals surface area contributed by atoms with Crippen LogP contribution in [0.1, 0.15) is 361 Å². The summed E-state index contributed by atoms with van der Waals surface area (Å²) in [6, 6.07) is 0. The van der Waals surface area contributed by atoms with Crippen LogP contribution in [0, 0.1) is 0 Å². The van der Waals surface area contributed by atoms with Gasteiger partial charge in [-0.2, -0.15) is 0 Å². The van der Waals surface area contributed by atoms with Crippen LogP contribution in [0.25, 0.3) is 0 Å². The average molecular weight is 1310 g/mol. The fourth-order valence-electron chi connectivity index (χ4n) is 11.2. The third-order valence-electron chi connectivity index (χ3n) is 17.1. The zero-order valence-electron chi connectivity index (χ0n) is 61.0. The van der Waals surface area contributed by atoms with E-state index in [0.29, 0.717) is 17.4 Å². The van der Waals surface area contributed by atoms with Crippen molar-refractivity contribution in [2.75, 3.05) is 47.5 Å². The topological polar surface area (TPSA) is 111 Å². The summed E-state index contributed by atoms with van der Waals surface area (Å²) in [7, 11) is 1.17. The number of allylic oxidation sites excluding steroid dienone is 16. The third-order valence-corrected chi connectivity index (χ3v) is 18.1. The standard InChI is InChI=1S/C82H148NO8P/c1-6-8-10-12-14-16-18-20-22-24-26-28-30-32-34-36-38-39-40-41-42-43-45-47-49-51-53-55-57-59-61-63-65-67-69-71-73-75-82(85)91-80(79-90-92(86,87)89-77-76-83(3,4)5)78-88-81(84)74-72-70-68-66-64-62-60-58-56-54-52-50-48-46-44-37-35-33-31-29-27-25-23-21-19-17-15-13-11-9-7-2/h8,10,14,16,20,22,26,28,32,34,38-39,41-42,45,47,80H,6-7,9,11-13,15,17-19,21,23-25,27,29-31,33,35-37,40,43-44,46,48-79H2,1-5H3/b10-8-,16-14-,22-20-,28-26-,34-32-,39-38-,42-41-,47-45-. The van der Waals surface area contributed by atoms with Gasteiger partial charge in [0.25, 0.3) is 7.82 Å². The number of phosphoric acid groups is 1. The molecule has 0 spiro atoms. The quantitative estimate of drug-likeness (QED) is 0.0195. The first-order chi connectivity index (χ1) is 45.0. The summed E-state index contributed by atoms with van der Waals surface area (Å²) in [4.78, 5) is 38.2. The molecule has 92 heavy (non-hydrogen) atoms. The number of ether oxygens (including phenoxy) is 2. The zero-order chi connectivity index (χ0) is 66.9. The Balaban J connectivity index is 4.00. The zero-order valence-corrected chi connectivity index (χ0v) is 61.9. The maximum atomic E-state index is 12.9. The maximum Gasteiger partial charge on any atom is 0.306 e. The monoisotopic (exact) mass is 1310 g/mol. The van der Waals surface area contributed by atoms with Crippen molar-refractivity contribution in [3.8, 4) is 0 Å². The van der Waals surface area contributed by atoms with Gasteiger partial charge in [-0.15, -0.1) is 0 Å².